The lowest BCUT2D eigenvalue weighted by atomic mass is 10.1. The lowest BCUT2D eigenvalue weighted by molar-refractivity contribution is 0.0724. The smallest absolute Gasteiger partial charge is 0.260 e. The summed E-state index contributed by atoms with van der Waals surface area (Å²) in [7, 11) is 0. The molecule has 1 heterocycles. The Labute approximate surface area is 165 Å². The average Bonchev–Trinajstić information content (AvgIpc) is 3.21. The van der Waals surface area contributed by atoms with E-state index in [2.05, 4.69) is 15.9 Å². The van der Waals surface area contributed by atoms with Crippen LogP contribution in [0.3, 0.4) is 0 Å². The molecule has 0 atom stereocenters. The number of hydrogen-bond acceptors (Lipinski definition) is 3. The summed E-state index contributed by atoms with van der Waals surface area (Å²) in [6.07, 6.45) is 3.60. The average molecular weight is 431 g/mol. The highest BCUT2D eigenvalue weighted by Gasteiger charge is 2.50. The summed E-state index contributed by atoms with van der Waals surface area (Å²) in [5.41, 5.74) is 1.40. The van der Waals surface area contributed by atoms with E-state index in [-0.39, 0.29) is 11.7 Å². The number of carbonyl (C=O) groups is 1. The molecule has 0 bridgehead atoms. The normalized spacial score (nSPS) is 18.5. The molecule has 1 aliphatic carbocycles. The van der Waals surface area contributed by atoms with Gasteiger partial charge in [-0.3, -0.25) is 14.7 Å². The van der Waals surface area contributed by atoms with E-state index in [0.717, 1.165) is 35.7 Å². The van der Waals surface area contributed by atoms with E-state index in [9.17, 15) is 9.18 Å². The van der Waals surface area contributed by atoms with Crippen molar-refractivity contribution in [3.05, 3.63) is 69.9 Å². The van der Waals surface area contributed by atoms with Gasteiger partial charge in [-0.2, -0.15) is 0 Å². The highest BCUT2D eigenvalue weighted by molar-refractivity contribution is 9.10. The first-order valence-electron chi connectivity index (χ1n) is 8.50. The van der Waals surface area contributed by atoms with E-state index < -0.39 is 5.66 Å². The molecule has 6 heteroatoms. The lowest BCUT2D eigenvalue weighted by Crippen LogP contribution is -2.48. The van der Waals surface area contributed by atoms with Crippen molar-refractivity contribution in [2.75, 3.05) is 0 Å². The molecule has 1 spiro atoms. The van der Waals surface area contributed by atoms with Gasteiger partial charge in [-0.05, 0) is 62.1 Å². The van der Waals surface area contributed by atoms with Crippen LogP contribution in [0, 0.1) is 5.82 Å². The van der Waals surface area contributed by atoms with E-state index >= 15 is 0 Å². The van der Waals surface area contributed by atoms with E-state index in [1.54, 1.807) is 4.90 Å². The van der Waals surface area contributed by atoms with Crippen molar-refractivity contribution in [2.45, 2.75) is 31.3 Å². The molecule has 2 aromatic carbocycles. The fraction of sp³-hybridized carbons (Fsp3) is 0.250. The highest BCUT2D eigenvalue weighted by atomic mass is 79.9. The topological polar surface area (TPSA) is 32.7 Å². The molecule has 1 amide bonds. The fourth-order valence-electron chi connectivity index (χ4n) is 3.68. The maximum Gasteiger partial charge on any atom is 0.260 e. The molecular formula is C20H16BrFN2OS. The van der Waals surface area contributed by atoms with E-state index in [4.69, 9.17) is 17.2 Å². The molecule has 132 valence electrons. The van der Waals surface area contributed by atoms with Crippen LogP contribution >= 0.6 is 28.1 Å². The molecule has 0 unspecified atom stereocenters. The second-order valence-corrected chi connectivity index (χ2v) is 7.91. The quantitative estimate of drug-likeness (QED) is 0.618. The van der Waals surface area contributed by atoms with Gasteiger partial charge in [0.15, 0.2) is 0 Å². The van der Waals surface area contributed by atoms with Crippen LogP contribution in [-0.4, -0.2) is 27.2 Å². The van der Waals surface area contributed by atoms with Gasteiger partial charge in [0.1, 0.15) is 22.2 Å². The lowest BCUT2D eigenvalue weighted by Gasteiger charge is -2.32. The Morgan fingerprint density at radius 1 is 1.08 bits per heavy atom. The first-order valence-corrected chi connectivity index (χ1v) is 9.71. The molecule has 1 aliphatic heterocycles. The molecule has 0 aromatic heterocycles. The Kier molecular flexibility index (Phi) is 4.49. The minimum atomic E-state index is -0.606. The summed E-state index contributed by atoms with van der Waals surface area (Å²) < 4.78 is 14.2. The van der Waals surface area contributed by atoms with Crippen LogP contribution in [0.5, 0.6) is 0 Å². The Hall–Kier alpha value is -1.92. The summed E-state index contributed by atoms with van der Waals surface area (Å²) in [6, 6.07) is 13.4. The zero-order valence-electron chi connectivity index (χ0n) is 13.9. The predicted octanol–water partition coefficient (Wildman–Crippen LogP) is 5.13. The first kappa shape index (κ1) is 17.5. The van der Waals surface area contributed by atoms with Crippen molar-refractivity contribution in [1.82, 2.24) is 4.90 Å². The number of carbonyl (C=O) groups excluding carboxylic acids is 1. The third kappa shape index (κ3) is 2.91. The number of hydrogen-bond donors (Lipinski definition) is 0. The monoisotopic (exact) mass is 430 g/mol. The van der Waals surface area contributed by atoms with E-state index in [1.165, 1.54) is 24.3 Å². The van der Waals surface area contributed by atoms with Crippen molar-refractivity contribution >= 4 is 44.8 Å². The Morgan fingerprint density at radius 3 is 2.31 bits per heavy atom. The van der Waals surface area contributed by atoms with Crippen LogP contribution in [0.15, 0.2) is 58.0 Å². The van der Waals surface area contributed by atoms with Gasteiger partial charge in [-0.15, -0.1) is 0 Å². The molecule has 0 saturated heterocycles. The van der Waals surface area contributed by atoms with Gasteiger partial charge >= 0.3 is 0 Å². The van der Waals surface area contributed by atoms with Crippen molar-refractivity contribution in [3.8, 4) is 0 Å². The Bertz CT molecular complexity index is 902. The maximum absolute atomic E-state index is 13.2. The largest absolute Gasteiger partial charge is 0.271 e. The van der Waals surface area contributed by atoms with E-state index in [0.29, 0.717) is 16.3 Å². The molecule has 26 heavy (non-hydrogen) atoms. The second kappa shape index (κ2) is 6.67. The van der Waals surface area contributed by atoms with Gasteiger partial charge in [0.2, 0.25) is 0 Å². The van der Waals surface area contributed by atoms with Crippen molar-refractivity contribution in [1.29, 1.82) is 0 Å². The van der Waals surface area contributed by atoms with Crippen LogP contribution in [0.1, 0.15) is 41.6 Å². The second-order valence-electron chi connectivity index (χ2n) is 6.61. The van der Waals surface area contributed by atoms with Crippen molar-refractivity contribution in [3.63, 3.8) is 0 Å². The van der Waals surface area contributed by atoms with Gasteiger partial charge in [0, 0.05) is 15.6 Å². The van der Waals surface area contributed by atoms with Gasteiger partial charge in [-0.25, -0.2) is 4.39 Å². The third-order valence-electron chi connectivity index (χ3n) is 4.96. The standard InChI is InChI=1S/C20H16BrFN2OS/c21-15-7-3-13(4-8-15)17-19(26)24(20(23-17)11-1-2-12-20)18(25)14-5-9-16(22)10-6-14/h3-10H,1-2,11-12H2. The minimum Gasteiger partial charge on any atom is -0.271 e. The van der Waals surface area contributed by atoms with Gasteiger partial charge < -0.3 is 0 Å². The van der Waals surface area contributed by atoms with Gasteiger partial charge in [-0.1, -0.05) is 40.3 Å². The molecule has 0 radical (unpaired) electrons. The number of thiocarbonyl (C=S) groups is 1. The number of nitrogens with zero attached hydrogens (tertiary/aromatic N) is 2. The maximum atomic E-state index is 13.2. The molecule has 2 aromatic rings. The number of rotatable bonds is 2. The Balaban J connectivity index is 1.75. The summed E-state index contributed by atoms with van der Waals surface area (Å²) in [5, 5.41) is 0. The predicted molar refractivity (Wildman–Crippen MR) is 107 cm³/mol. The molecule has 1 saturated carbocycles. The van der Waals surface area contributed by atoms with Crippen LogP contribution in [0.25, 0.3) is 0 Å². The van der Waals surface area contributed by atoms with Gasteiger partial charge in [0.05, 0.1) is 0 Å². The third-order valence-corrected chi connectivity index (χ3v) is 5.86. The molecular weight excluding hydrogens is 415 g/mol. The number of halogens is 2. The van der Waals surface area contributed by atoms with Crippen molar-refractivity contribution < 1.29 is 9.18 Å². The highest BCUT2D eigenvalue weighted by Crippen LogP contribution is 2.42. The summed E-state index contributed by atoms with van der Waals surface area (Å²) in [6.45, 7) is 0. The first-order chi connectivity index (χ1) is 12.5. The SMILES string of the molecule is O=C(c1ccc(F)cc1)N1C(=S)C(c2ccc(Br)cc2)=NC12CCCC2. The van der Waals surface area contributed by atoms with Crippen LogP contribution in [-0.2, 0) is 0 Å². The minimum absolute atomic E-state index is 0.215. The molecule has 0 N–H and O–H groups in total. The summed E-state index contributed by atoms with van der Waals surface area (Å²) >= 11 is 9.11. The number of aliphatic imine (C=N–C) groups is 1. The van der Waals surface area contributed by atoms with Crippen LogP contribution in [0.4, 0.5) is 4.39 Å². The number of benzene rings is 2. The van der Waals surface area contributed by atoms with E-state index in [1.807, 2.05) is 24.3 Å². The fourth-order valence-corrected chi connectivity index (χ4v) is 4.36. The molecule has 2 aliphatic rings. The van der Waals surface area contributed by atoms with Crippen molar-refractivity contribution in [2.24, 2.45) is 4.99 Å². The molecule has 3 nitrogen and oxygen atoms in total. The number of amides is 1. The van der Waals surface area contributed by atoms with Crippen LogP contribution < -0.4 is 0 Å². The summed E-state index contributed by atoms with van der Waals surface area (Å²) in [5.74, 6) is -0.583. The molecule has 4 rings (SSSR count). The zero-order valence-corrected chi connectivity index (χ0v) is 16.3. The Morgan fingerprint density at radius 2 is 1.69 bits per heavy atom. The molecule has 1 fully saturated rings. The van der Waals surface area contributed by atoms with Crippen LogP contribution in [0.2, 0.25) is 0 Å². The van der Waals surface area contributed by atoms with Gasteiger partial charge in [0.25, 0.3) is 5.91 Å². The zero-order chi connectivity index (χ0) is 18.3. The summed E-state index contributed by atoms with van der Waals surface area (Å²) in [4.78, 5) is 20.2.